The lowest BCUT2D eigenvalue weighted by Crippen LogP contribution is -2.41. The van der Waals surface area contributed by atoms with E-state index in [1.54, 1.807) is 11.8 Å². The lowest BCUT2D eigenvalue weighted by atomic mass is 9.94. The Morgan fingerprint density at radius 2 is 1.83 bits per heavy atom. The first-order valence-corrected chi connectivity index (χ1v) is 8.24. The Morgan fingerprint density at radius 1 is 1.17 bits per heavy atom. The zero-order valence-electron chi connectivity index (χ0n) is 14.8. The molecule has 1 aromatic rings. The SMILES string of the molecule is CCOC(=O)C1=C(c2ccccc2)CN(C(=O)OC(C)(C)C)CC1. The second kappa shape index (κ2) is 7.51. The van der Waals surface area contributed by atoms with Crippen LogP contribution in [-0.2, 0) is 14.3 Å². The third-order valence-corrected chi connectivity index (χ3v) is 3.64. The fourth-order valence-corrected chi connectivity index (χ4v) is 2.59. The zero-order chi connectivity index (χ0) is 17.7. The molecule has 1 amide bonds. The number of carbonyl (C=O) groups excluding carboxylic acids is 2. The molecule has 0 saturated heterocycles. The van der Waals surface area contributed by atoms with Crippen LogP contribution in [0.4, 0.5) is 4.79 Å². The van der Waals surface area contributed by atoms with Crippen LogP contribution in [0.2, 0.25) is 0 Å². The van der Waals surface area contributed by atoms with Crippen LogP contribution in [0.25, 0.3) is 5.57 Å². The summed E-state index contributed by atoms with van der Waals surface area (Å²) in [7, 11) is 0. The van der Waals surface area contributed by atoms with Crippen molar-refractivity contribution in [3.8, 4) is 0 Å². The maximum absolute atomic E-state index is 12.4. The van der Waals surface area contributed by atoms with Crippen molar-refractivity contribution in [2.75, 3.05) is 19.7 Å². The molecule has 24 heavy (non-hydrogen) atoms. The molecule has 1 aromatic carbocycles. The van der Waals surface area contributed by atoms with E-state index in [1.165, 1.54) is 0 Å². The molecule has 0 radical (unpaired) electrons. The van der Waals surface area contributed by atoms with E-state index >= 15 is 0 Å². The highest BCUT2D eigenvalue weighted by atomic mass is 16.6. The fraction of sp³-hybridized carbons (Fsp3) is 0.474. The molecule has 130 valence electrons. The number of carbonyl (C=O) groups is 2. The molecule has 0 saturated carbocycles. The largest absolute Gasteiger partial charge is 0.463 e. The van der Waals surface area contributed by atoms with Crippen LogP contribution in [0, 0.1) is 0 Å². The lowest BCUT2D eigenvalue weighted by molar-refractivity contribution is -0.138. The summed E-state index contributed by atoms with van der Waals surface area (Å²) >= 11 is 0. The van der Waals surface area contributed by atoms with Gasteiger partial charge in [0.25, 0.3) is 0 Å². The van der Waals surface area contributed by atoms with Crippen molar-refractivity contribution in [2.24, 2.45) is 0 Å². The van der Waals surface area contributed by atoms with E-state index in [0.717, 1.165) is 11.1 Å². The van der Waals surface area contributed by atoms with Gasteiger partial charge >= 0.3 is 12.1 Å². The first-order chi connectivity index (χ1) is 11.3. The van der Waals surface area contributed by atoms with E-state index in [9.17, 15) is 9.59 Å². The van der Waals surface area contributed by atoms with Crippen molar-refractivity contribution in [1.82, 2.24) is 4.90 Å². The van der Waals surface area contributed by atoms with Gasteiger partial charge in [-0.2, -0.15) is 0 Å². The molecule has 2 rings (SSSR count). The van der Waals surface area contributed by atoms with Crippen LogP contribution in [0.1, 0.15) is 39.7 Å². The van der Waals surface area contributed by atoms with E-state index in [4.69, 9.17) is 9.47 Å². The van der Waals surface area contributed by atoms with Gasteiger partial charge in [0.1, 0.15) is 5.60 Å². The average Bonchev–Trinajstić information content (AvgIpc) is 2.54. The first kappa shape index (κ1) is 18.0. The third-order valence-electron chi connectivity index (χ3n) is 3.64. The van der Waals surface area contributed by atoms with E-state index in [-0.39, 0.29) is 12.1 Å². The molecule has 0 aliphatic carbocycles. The lowest BCUT2D eigenvalue weighted by Gasteiger charge is -2.32. The Labute approximate surface area is 143 Å². The highest BCUT2D eigenvalue weighted by Crippen LogP contribution is 2.28. The zero-order valence-corrected chi connectivity index (χ0v) is 14.8. The standard InChI is InChI=1S/C19H25NO4/c1-5-23-17(21)15-11-12-20(18(22)24-19(2,3)4)13-16(15)14-9-7-6-8-10-14/h6-10H,5,11-13H2,1-4H3. The number of ether oxygens (including phenoxy) is 2. The van der Waals surface area contributed by atoms with Crippen LogP contribution in [0.3, 0.4) is 0 Å². The molecule has 1 heterocycles. The van der Waals surface area contributed by atoms with Crippen molar-refractivity contribution in [1.29, 1.82) is 0 Å². The Balaban J connectivity index is 2.29. The molecule has 0 N–H and O–H groups in total. The number of hydrogen-bond donors (Lipinski definition) is 0. The Bertz CT molecular complexity index is 629. The van der Waals surface area contributed by atoms with Crippen molar-refractivity contribution in [2.45, 2.75) is 39.7 Å². The van der Waals surface area contributed by atoms with Crippen LogP contribution in [-0.4, -0.2) is 42.3 Å². The molecule has 0 bridgehead atoms. The summed E-state index contributed by atoms with van der Waals surface area (Å²) < 4.78 is 10.6. The number of rotatable bonds is 3. The summed E-state index contributed by atoms with van der Waals surface area (Å²) in [5.41, 5.74) is 1.85. The Kier molecular flexibility index (Phi) is 5.65. The molecule has 5 heteroatoms. The number of benzene rings is 1. The maximum atomic E-state index is 12.4. The van der Waals surface area contributed by atoms with Crippen molar-refractivity contribution in [3.63, 3.8) is 0 Å². The van der Waals surface area contributed by atoms with E-state index in [0.29, 0.717) is 31.7 Å². The van der Waals surface area contributed by atoms with Gasteiger partial charge in [0, 0.05) is 12.1 Å². The number of nitrogens with zero attached hydrogens (tertiary/aromatic N) is 1. The summed E-state index contributed by atoms with van der Waals surface area (Å²) in [4.78, 5) is 26.3. The summed E-state index contributed by atoms with van der Waals surface area (Å²) in [6.45, 7) is 8.43. The van der Waals surface area contributed by atoms with Gasteiger partial charge in [-0.15, -0.1) is 0 Å². The second-order valence-electron chi connectivity index (χ2n) is 6.70. The van der Waals surface area contributed by atoms with E-state index < -0.39 is 5.60 Å². The minimum atomic E-state index is -0.547. The van der Waals surface area contributed by atoms with Crippen LogP contribution in [0.15, 0.2) is 35.9 Å². The number of hydrogen-bond acceptors (Lipinski definition) is 4. The Hall–Kier alpha value is -2.30. The Morgan fingerprint density at radius 3 is 2.42 bits per heavy atom. The van der Waals surface area contributed by atoms with Gasteiger partial charge in [0.05, 0.1) is 13.2 Å². The van der Waals surface area contributed by atoms with E-state index in [1.807, 2.05) is 51.1 Å². The van der Waals surface area contributed by atoms with Crippen LogP contribution in [0.5, 0.6) is 0 Å². The third kappa shape index (κ3) is 4.60. The van der Waals surface area contributed by atoms with Crippen LogP contribution >= 0.6 is 0 Å². The second-order valence-corrected chi connectivity index (χ2v) is 6.70. The monoisotopic (exact) mass is 331 g/mol. The molecule has 0 atom stereocenters. The smallest absolute Gasteiger partial charge is 0.410 e. The topological polar surface area (TPSA) is 55.8 Å². The summed E-state index contributed by atoms with van der Waals surface area (Å²) in [6.07, 6.45) is 0.0984. The van der Waals surface area contributed by atoms with Crippen molar-refractivity contribution >= 4 is 17.6 Å². The summed E-state index contributed by atoms with van der Waals surface area (Å²) in [5, 5.41) is 0. The molecule has 0 fully saturated rings. The molecular formula is C19H25NO4. The normalized spacial score (nSPS) is 15.2. The highest BCUT2D eigenvalue weighted by Gasteiger charge is 2.30. The van der Waals surface area contributed by atoms with Crippen LogP contribution < -0.4 is 0 Å². The predicted octanol–water partition coefficient (Wildman–Crippen LogP) is 3.64. The number of esters is 1. The van der Waals surface area contributed by atoms with Gasteiger partial charge in [-0.3, -0.25) is 0 Å². The minimum absolute atomic E-state index is 0.305. The predicted molar refractivity (Wildman–Crippen MR) is 92.4 cm³/mol. The van der Waals surface area contributed by atoms with Gasteiger partial charge in [-0.1, -0.05) is 30.3 Å². The summed E-state index contributed by atoms with van der Waals surface area (Å²) in [5.74, 6) is -0.305. The minimum Gasteiger partial charge on any atom is -0.463 e. The molecule has 5 nitrogen and oxygen atoms in total. The molecule has 0 aromatic heterocycles. The summed E-state index contributed by atoms with van der Waals surface area (Å²) in [6, 6.07) is 9.62. The van der Waals surface area contributed by atoms with Crippen molar-refractivity contribution < 1.29 is 19.1 Å². The molecule has 1 aliphatic heterocycles. The maximum Gasteiger partial charge on any atom is 0.410 e. The molecule has 1 aliphatic rings. The quantitative estimate of drug-likeness (QED) is 0.794. The fourth-order valence-electron chi connectivity index (χ4n) is 2.59. The van der Waals surface area contributed by atoms with E-state index in [2.05, 4.69) is 0 Å². The average molecular weight is 331 g/mol. The molecular weight excluding hydrogens is 306 g/mol. The first-order valence-electron chi connectivity index (χ1n) is 8.24. The number of amides is 1. The van der Waals surface area contributed by atoms with Gasteiger partial charge in [-0.05, 0) is 45.3 Å². The van der Waals surface area contributed by atoms with Gasteiger partial charge in [-0.25, -0.2) is 9.59 Å². The highest BCUT2D eigenvalue weighted by molar-refractivity contribution is 5.99. The van der Waals surface area contributed by atoms with Gasteiger partial charge < -0.3 is 14.4 Å². The van der Waals surface area contributed by atoms with Gasteiger partial charge in [0.15, 0.2) is 0 Å². The molecule has 0 spiro atoms. The van der Waals surface area contributed by atoms with Gasteiger partial charge in [0.2, 0.25) is 0 Å². The van der Waals surface area contributed by atoms with Crippen molar-refractivity contribution in [3.05, 3.63) is 41.5 Å². The molecule has 0 unspecified atom stereocenters.